The smallest absolute Gasteiger partial charge is 0.330 e. The van der Waals surface area contributed by atoms with Gasteiger partial charge in [0.25, 0.3) is 5.91 Å². The number of ether oxygens (including phenoxy) is 1. The number of aliphatic hydroxyl groups excluding tert-OH is 1. The van der Waals surface area contributed by atoms with Gasteiger partial charge in [-0.2, -0.15) is 0 Å². The van der Waals surface area contributed by atoms with Crippen LogP contribution in [0.25, 0.3) is 5.65 Å². The standard InChI is InChI=1S/C21H22FN5O4/c1-31-21(30)15(12-28)24-20(29)17-11-23-18-7-8-19(25-27(17)18)26-9-3-6-16(26)13-4-2-5-14(22)10-13/h2,4-5,7-8,10-11,15-16,28H,3,6,9,12H2,1H3,(H,24,29)/t15-,16-/m1/s1. The molecule has 1 aliphatic heterocycles. The molecule has 162 valence electrons. The average Bonchev–Trinajstić information content (AvgIpc) is 3.43. The van der Waals surface area contributed by atoms with E-state index < -0.39 is 24.5 Å². The molecule has 1 aromatic carbocycles. The van der Waals surface area contributed by atoms with E-state index in [0.717, 1.165) is 24.9 Å². The maximum atomic E-state index is 13.7. The second kappa shape index (κ2) is 8.68. The molecular weight excluding hydrogens is 405 g/mol. The molecule has 1 aliphatic rings. The third kappa shape index (κ3) is 4.06. The number of anilines is 1. The number of aliphatic hydroxyl groups is 1. The van der Waals surface area contributed by atoms with Crippen molar-refractivity contribution >= 4 is 23.3 Å². The number of carbonyl (C=O) groups excluding carboxylic acids is 2. The molecule has 0 unspecified atom stereocenters. The van der Waals surface area contributed by atoms with Gasteiger partial charge in [0.15, 0.2) is 17.4 Å². The van der Waals surface area contributed by atoms with Crippen LogP contribution >= 0.6 is 0 Å². The van der Waals surface area contributed by atoms with Crippen molar-refractivity contribution in [2.24, 2.45) is 0 Å². The second-order valence-electron chi connectivity index (χ2n) is 7.24. The van der Waals surface area contributed by atoms with Crippen LogP contribution in [-0.2, 0) is 9.53 Å². The van der Waals surface area contributed by atoms with Gasteiger partial charge in [0.05, 0.1) is 26.0 Å². The molecular formula is C21H22FN5O4. The zero-order valence-corrected chi connectivity index (χ0v) is 16.9. The third-order valence-corrected chi connectivity index (χ3v) is 5.33. The lowest BCUT2D eigenvalue weighted by molar-refractivity contribution is -0.143. The van der Waals surface area contributed by atoms with E-state index in [1.54, 1.807) is 12.1 Å². The van der Waals surface area contributed by atoms with E-state index in [0.29, 0.717) is 11.5 Å². The van der Waals surface area contributed by atoms with Gasteiger partial charge in [-0.25, -0.2) is 18.7 Å². The quantitative estimate of drug-likeness (QED) is 0.574. The molecule has 10 heteroatoms. The molecule has 9 nitrogen and oxygen atoms in total. The average molecular weight is 427 g/mol. The molecule has 1 saturated heterocycles. The van der Waals surface area contributed by atoms with E-state index in [9.17, 15) is 19.1 Å². The number of nitrogens with one attached hydrogen (secondary N) is 1. The van der Waals surface area contributed by atoms with Gasteiger partial charge in [0.2, 0.25) is 0 Å². The van der Waals surface area contributed by atoms with E-state index >= 15 is 0 Å². The Morgan fingerprint density at radius 2 is 2.19 bits per heavy atom. The topological polar surface area (TPSA) is 109 Å². The Morgan fingerprint density at radius 1 is 1.35 bits per heavy atom. The number of hydrogen-bond acceptors (Lipinski definition) is 7. The molecule has 0 saturated carbocycles. The van der Waals surface area contributed by atoms with Crippen LogP contribution in [0.15, 0.2) is 42.6 Å². The Bertz CT molecular complexity index is 1120. The van der Waals surface area contributed by atoms with Gasteiger partial charge in [0.1, 0.15) is 11.6 Å². The first-order valence-electron chi connectivity index (χ1n) is 9.88. The van der Waals surface area contributed by atoms with E-state index in [1.807, 2.05) is 12.1 Å². The van der Waals surface area contributed by atoms with Gasteiger partial charge >= 0.3 is 5.97 Å². The number of halogens is 1. The molecule has 3 heterocycles. The number of methoxy groups -OCH3 is 1. The fourth-order valence-electron chi connectivity index (χ4n) is 3.83. The predicted octanol–water partition coefficient (Wildman–Crippen LogP) is 1.47. The predicted molar refractivity (Wildman–Crippen MR) is 109 cm³/mol. The lowest BCUT2D eigenvalue weighted by atomic mass is 10.0. The number of hydrogen-bond donors (Lipinski definition) is 2. The Kier molecular flexibility index (Phi) is 5.81. The zero-order valence-electron chi connectivity index (χ0n) is 16.9. The maximum Gasteiger partial charge on any atom is 0.330 e. The lowest BCUT2D eigenvalue weighted by Crippen LogP contribution is -2.44. The fraction of sp³-hybridized carbons (Fsp3) is 0.333. The van der Waals surface area contributed by atoms with Crippen LogP contribution in [0, 0.1) is 5.82 Å². The van der Waals surface area contributed by atoms with Crippen LogP contribution in [0.5, 0.6) is 0 Å². The van der Waals surface area contributed by atoms with E-state index in [2.05, 4.69) is 25.0 Å². The van der Waals surface area contributed by atoms with Gasteiger partial charge in [-0.15, -0.1) is 5.10 Å². The van der Waals surface area contributed by atoms with Crippen molar-refractivity contribution in [1.29, 1.82) is 0 Å². The molecule has 1 fully saturated rings. The number of benzene rings is 1. The minimum Gasteiger partial charge on any atom is -0.467 e. The number of nitrogens with zero attached hydrogens (tertiary/aromatic N) is 4. The molecule has 1 amide bonds. The molecule has 0 aliphatic carbocycles. The van der Waals surface area contributed by atoms with Crippen molar-refractivity contribution in [2.75, 3.05) is 25.2 Å². The zero-order chi connectivity index (χ0) is 22.0. The van der Waals surface area contributed by atoms with Crippen molar-refractivity contribution < 1.29 is 23.8 Å². The van der Waals surface area contributed by atoms with Crippen LogP contribution in [0.4, 0.5) is 10.2 Å². The fourth-order valence-corrected chi connectivity index (χ4v) is 3.83. The van der Waals surface area contributed by atoms with Gasteiger partial charge in [0, 0.05) is 6.54 Å². The van der Waals surface area contributed by atoms with E-state index in [1.165, 1.54) is 30.0 Å². The Balaban J connectivity index is 1.63. The highest BCUT2D eigenvalue weighted by Gasteiger charge is 2.28. The van der Waals surface area contributed by atoms with Gasteiger partial charge in [-0.3, -0.25) is 4.79 Å². The van der Waals surface area contributed by atoms with Crippen LogP contribution in [0.3, 0.4) is 0 Å². The number of fused-ring (bicyclic) bond motifs is 1. The summed E-state index contributed by atoms with van der Waals surface area (Å²) in [4.78, 5) is 30.6. The largest absolute Gasteiger partial charge is 0.467 e. The van der Waals surface area contributed by atoms with Crippen molar-refractivity contribution in [3.63, 3.8) is 0 Å². The molecule has 2 aromatic heterocycles. The van der Waals surface area contributed by atoms with Gasteiger partial charge in [-0.1, -0.05) is 12.1 Å². The van der Waals surface area contributed by atoms with Crippen LogP contribution < -0.4 is 10.2 Å². The summed E-state index contributed by atoms with van der Waals surface area (Å²) >= 11 is 0. The molecule has 31 heavy (non-hydrogen) atoms. The lowest BCUT2D eigenvalue weighted by Gasteiger charge is -2.26. The minimum absolute atomic E-state index is 0.0282. The summed E-state index contributed by atoms with van der Waals surface area (Å²) in [6, 6.07) is 8.85. The molecule has 2 N–H and O–H groups in total. The molecule has 4 rings (SSSR count). The number of imidazole rings is 1. The highest BCUT2D eigenvalue weighted by atomic mass is 19.1. The van der Waals surface area contributed by atoms with Gasteiger partial charge < -0.3 is 20.1 Å². The minimum atomic E-state index is -1.19. The van der Waals surface area contributed by atoms with Crippen molar-refractivity contribution in [2.45, 2.75) is 24.9 Å². The number of esters is 1. The van der Waals surface area contributed by atoms with Gasteiger partial charge in [-0.05, 0) is 42.7 Å². The molecule has 0 radical (unpaired) electrons. The first-order chi connectivity index (χ1) is 15.0. The first-order valence-corrected chi connectivity index (χ1v) is 9.88. The van der Waals surface area contributed by atoms with Crippen molar-refractivity contribution in [3.8, 4) is 0 Å². The summed E-state index contributed by atoms with van der Waals surface area (Å²) in [7, 11) is 1.17. The first kappa shape index (κ1) is 20.7. The highest BCUT2D eigenvalue weighted by Crippen LogP contribution is 2.35. The van der Waals surface area contributed by atoms with Crippen LogP contribution in [0.2, 0.25) is 0 Å². The van der Waals surface area contributed by atoms with E-state index in [-0.39, 0.29) is 17.6 Å². The summed E-state index contributed by atoms with van der Waals surface area (Å²) in [5.41, 5.74) is 1.43. The normalized spacial score (nSPS) is 17.0. The van der Waals surface area contributed by atoms with E-state index in [4.69, 9.17) is 0 Å². The van der Waals surface area contributed by atoms with Crippen LogP contribution in [0.1, 0.15) is 34.9 Å². The van der Waals surface area contributed by atoms with Crippen molar-refractivity contribution in [1.82, 2.24) is 19.9 Å². The summed E-state index contributed by atoms with van der Waals surface area (Å²) in [5.74, 6) is -1.04. The summed E-state index contributed by atoms with van der Waals surface area (Å²) in [6.07, 6.45) is 3.13. The van der Waals surface area contributed by atoms with Crippen molar-refractivity contribution in [3.05, 3.63) is 59.7 Å². The summed E-state index contributed by atoms with van der Waals surface area (Å²) < 4.78 is 19.7. The van der Waals surface area contributed by atoms with Crippen LogP contribution in [-0.4, -0.2) is 57.9 Å². The summed E-state index contributed by atoms with van der Waals surface area (Å²) in [5, 5.41) is 16.3. The third-order valence-electron chi connectivity index (χ3n) is 5.33. The molecule has 0 spiro atoms. The summed E-state index contributed by atoms with van der Waals surface area (Å²) in [6.45, 7) is 0.141. The molecule has 2 atom stereocenters. The number of rotatable bonds is 6. The Morgan fingerprint density at radius 3 is 2.94 bits per heavy atom. The molecule has 0 bridgehead atoms. The number of amides is 1. The second-order valence-corrected chi connectivity index (χ2v) is 7.24. The Labute approximate surface area is 177 Å². The number of aromatic nitrogens is 3. The SMILES string of the molecule is COC(=O)[C@@H](CO)NC(=O)c1cnc2ccc(N3CCC[C@@H]3c3cccc(F)c3)nn12. The monoisotopic (exact) mass is 427 g/mol. The number of carbonyl (C=O) groups is 2. The highest BCUT2D eigenvalue weighted by molar-refractivity contribution is 5.95. The Hall–Kier alpha value is -3.53. The molecule has 3 aromatic rings. The maximum absolute atomic E-state index is 13.7.